The summed E-state index contributed by atoms with van der Waals surface area (Å²) >= 11 is 0. The van der Waals surface area contributed by atoms with E-state index in [1.807, 2.05) is 0 Å². The van der Waals surface area contributed by atoms with E-state index in [0.717, 1.165) is 0 Å². The standard InChI is InChI=1S/C18H21FN2O4S/c1-13-4-5-14(18(22)21(2)3)12-17(13)20-26(23,24)11-10-25-16-8-6-15(19)7-9-16/h4-9,12,20H,10-11H2,1-3H3. The molecule has 1 amide bonds. The summed E-state index contributed by atoms with van der Waals surface area (Å²) in [6, 6.07) is 10.2. The van der Waals surface area contributed by atoms with Gasteiger partial charge in [0.2, 0.25) is 10.0 Å². The normalized spacial score (nSPS) is 11.1. The van der Waals surface area contributed by atoms with Crippen LogP contribution in [0.1, 0.15) is 15.9 Å². The first-order chi connectivity index (χ1) is 12.2. The van der Waals surface area contributed by atoms with E-state index in [1.54, 1.807) is 33.2 Å². The highest BCUT2D eigenvalue weighted by atomic mass is 32.2. The van der Waals surface area contributed by atoms with Crippen LogP contribution in [0.25, 0.3) is 0 Å². The van der Waals surface area contributed by atoms with Crippen LogP contribution in [0.2, 0.25) is 0 Å². The minimum Gasteiger partial charge on any atom is -0.492 e. The number of ether oxygens (including phenoxy) is 1. The number of anilines is 1. The second-order valence-electron chi connectivity index (χ2n) is 5.95. The minimum atomic E-state index is -3.67. The van der Waals surface area contributed by atoms with Crippen LogP contribution in [-0.4, -0.2) is 45.7 Å². The van der Waals surface area contributed by atoms with Gasteiger partial charge in [-0.15, -0.1) is 0 Å². The average molecular weight is 380 g/mol. The largest absolute Gasteiger partial charge is 0.492 e. The van der Waals surface area contributed by atoms with Gasteiger partial charge in [-0.25, -0.2) is 12.8 Å². The lowest BCUT2D eigenvalue weighted by atomic mass is 10.1. The molecule has 0 fully saturated rings. The van der Waals surface area contributed by atoms with Gasteiger partial charge in [-0.05, 0) is 48.9 Å². The zero-order chi connectivity index (χ0) is 19.3. The highest BCUT2D eigenvalue weighted by Crippen LogP contribution is 2.19. The number of hydrogen-bond donors (Lipinski definition) is 1. The molecule has 0 heterocycles. The Morgan fingerprint density at radius 2 is 1.81 bits per heavy atom. The Hall–Kier alpha value is -2.61. The first kappa shape index (κ1) is 19.7. The molecule has 0 spiro atoms. The van der Waals surface area contributed by atoms with Gasteiger partial charge >= 0.3 is 0 Å². The van der Waals surface area contributed by atoms with Crippen molar-refractivity contribution < 1.29 is 22.3 Å². The van der Waals surface area contributed by atoms with Crippen molar-refractivity contribution in [2.75, 3.05) is 31.2 Å². The van der Waals surface area contributed by atoms with Gasteiger partial charge in [-0.1, -0.05) is 6.07 Å². The Labute approximate surface area is 152 Å². The Bertz CT molecular complexity index is 881. The Balaban J connectivity index is 2.02. The summed E-state index contributed by atoms with van der Waals surface area (Å²) in [5, 5.41) is 0. The third-order valence-corrected chi connectivity index (χ3v) is 4.83. The molecule has 2 aromatic carbocycles. The summed E-state index contributed by atoms with van der Waals surface area (Å²) in [7, 11) is -0.424. The van der Waals surface area contributed by atoms with Gasteiger partial charge < -0.3 is 9.64 Å². The maximum absolute atomic E-state index is 12.8. The van der Waals surface area contributed by atoms with Gasteiger partial charge in [-0.2, -0.15) is 0 Å². The van der Waals surface area contributed by atoms with Crippen molar-refractivity contribution in [1.29, 1.82) is 0 Å². The van der Waals surface area contributed by atoms with E-state index in [4.69, 9.17) is 4.74 Å². The number of hydrogen-bond acceptors (Lipinski definition) is 4. The van der Waals surface area contributed by atoms with E-state index in [0.29, 0.717) is 22.6 Å². The van der Waals surface area contributed by atoms with Crippen LogP contribution < -0.4 is 9.46 Å². The van der Waals surface area contributed by atoms with E-state index in [2.05, 4.69) is 4.72 Å². The number of halogens is 1. The zero-order valence-corrected chi connectivity index (χ0v) is 15.6. The lowest BCUT2D eigenvalue weighted by Crippen LogP contribution is -2.23. The van der Waals surface area contributed by atoms with E-state index in [-0.39, 0.29) is 18.3 Å². The fourth-order valence-corrected chi connectivity index (χ4v) is 3.10. The highest BCUT2D eigenvalue weighted by Gasteiger charge is 2.15. The quantitative estimate of drug-likeness (QED) is 0.801. The number of benzene rings is 2. The Morgan fingerprint density at radius 1 is 1.15 bits per heavy atom. The van der Waals surface area contributed by atoms with Crippen LogP contribution in [-0.2, 0) is 10.0 Å². The maximum atomic E-state index is 12.8. The molecule has 0 unspecified atom stereocenters. The molecule has 0 saturated carbocycles. The SMILES string of the molecule is Cc1ccc(C(=O)N(C)C)cc1NS(=O)(=O)CCOc1ccc(F)cc1. The molecular weight excluding hydrogens is 359 g/mol. The van der Waals surface area contributed by atoms with Crippen LogP contribution in [0.15, 0.2) is 42.5 Å². The first-order valence-electron chi connectivity index (χ1n) is 7.89. The van der Waals surface area contributed by atoms with Crippen molar-refractivity contribution in [3.05, 3.63) is 59.4 Å². The molecule has 0 aromatic heterocycles. The fraction of sp³-hybridized carbons (Fsp3) is 0.278. The van der Waals surface area contributed by atoms with Gasteiger partial charge in [0, 0.05) is 19.7 Å². The molecule has 0 bridgehead atoms. The third-order valence-electron chi connectivity index (χ3n) is 3.59. The van der Waals surface area contributed by atoms with Gasteiger partial charge in [0.15, 0.2) is 0 Å². The first-order valence-corrected chi connectivity index (χ1v) is 9.54. The van der Waals surface area contributed by atoms with E-state index in [9.17, 15) is 17.6 Å². The van der Waals surface area contributed by atoms with Gasteiger partial charge in [-0.3, -0.25) is 9.52 Å². The molecule has 1 N–H and O–H groups in total. The number of rotatable bonds is 7. The number of nitrogens with zero attached hydrogens (tertiary/aromatic N) is 1. The van der Waals surface area contributed by atoms with Gasteiger partial charge in [0.25, 0.3) is 5.91 Å². The lowest BCUT2D eigenvalue weighted by molar-refractivity contribution is 0.0827. The predicted octanol–water partition coefficient (Wildman–Crippen LogP) is 2.66. The van der Waals surface area contributed by atoms with Crippen LogP contribution in [0.3, 0.4) is 0 Å². The van der Waals surface area contributed by atoms with E-state index in [1.165, 1.54) is 35.2 Å². The van der Waals surface area contributed by atoms with E-state index >= 15 is 0 Å². The second kappa shape index (κ2) is 8.18. The van der Waals surface area contributed by atoms with Gasteiger partial charge in [0.1, 0.15) is 23.9 Å². The van der Waals surface area contributed by atoms with Gasteiger partial charge in [0.05, 0.1) is 5.69 Å². The van der Waals surface area contributed by atoms with Crippen molar-refractivity contribution in [1.82, 2.24) is 4.90 Å². The molecule has 0 aliphatic rings. The molecule has 0 aliphatic heterocycles. The van der Waals surface area contributed by atoms with Crippen molar-refractivity contribution in [2.45, 2.75) is 6.92 Å². The van der Waals surface area contributed by atoms with Crippen LogP contribution in [0.5, 0.6) is 5.75 Å². The van der Waals surface area contributed by atoms with Crippen molar-refractivity contribution in [2.24, 2.45) is 0 Å². The molecule has 140 valence electrons. The van der Waals surface area contributed by atoms with Crippen LogP contribution in [0, 0.1) is 12.7 Å². The van der Waals surface area contributed by atoms with E-state index < -0.39 is 15.8 Å². The number of amides is 1. The number of nitrogens with one attached hydrogen (secondary N) is 1. The third kappa shape index (κ3) is 5.45. The lowest BCUT2D eigenvalue weighted by Gasteiger charge is -2.14. The number of carbonyl (C=O) groups excluding carboxylic acids is 1. The second-order valence-corrected chi connectivity index (χ2v) is 7.79. The Morgan fingerprint density at radius 3 is 2.42 bits per heavy atom. The Kier molecular flexibility index (Phi) is 6.20. The zero-order valence-electron chi connectivity index (χ0n) is 14.8. The maximum Gasteiger partial charge on any atom is 0.253 e. The predicted molar refractivity (Wildman–Crippen MR) is 98.5 cm³/mol. The highest BCUT2D eigenvalue weighted by molar-refractivity contribution is 7.92. The number of sulfonamides is 1. The summed E-state index contributed by atoms with van der Waals surface area (Å²) in [6.07, 6.45) is 0. The van der Waals surface area contributed by atoms with Crippen LogP contribution in [0.4, 0.5) is 10.1 Å². The smallest absolute Gasteiger partial charge is 0.253 e. The summed E-state index contributed by atoms with van der Waals surface area (Å²) < 4.78 is 45.1. The monoisotopic (exact) mass is 380 g/mol. The molecule has 6 nitrogen and oxygen atoms in total. The molecule has 2 rings (SSSR count). The van der Waals surface area contributed by atoms with Crippen molar-refractivity contribution in [3.8, 4) is 5.75 Å². The molecule has 26 heavy (non-hydrogen) atoms. The molecule has 2 aromatic rings. The van der Waals surface area contributed by atoms with Crippen LogP contribution >= 0.6 is 0 Å². The molecule has 0 atom stereocenters. The molecule has 0 saturated heterocycles. The summed E-state index contributed by atoms with van der Waals surface area (Å²) in [6.45, 7) is 1.66. The topological polar surface area (TPSA) is 75.7 Å². The molecule has 0 aliphatic carbocycles. The molecule has 0 radical (unpaired) electrons. The fourth-order valence-electron chi connectivity index (χ4n) is 2.14. The van der Waals surface area contributed by atoms with Crippen molar-refractivity contribution >= 4 is 21.6 Å². The average Bonchev–Trinajstić information content (AvgIpc) is 2.57. The minimum absolute atomic E-state index is 0.0870. The summed E-state index contributed by atoms with van der Waals surface area (Å²) in [5.74, 6) is -0.508. The molecular formula is C18H21FN2O4S. The number of aryl methyl sites for hydroxylation is 1. The summed E-state index contributed by atoms with van der Waals surface area (Å²) in [5.41, 5.74) is 1.43. The molecule has 8 heteroatoms. The van der Waals surface area contributed by atoms with Crippen molar-refractivity contribution in [3.63, 3.8) is 0 Å². The summed E-state index contributed by atoms with van der Waals surface area (Å²) in [4.78, 5) is 13.4. The number of carbonyl (C=O) groups is 1.